The fourth-order valence-corrected chi connectivity index (χ4v) is 3.41. The first-order valence-electron chi connectivity index (χ1n) is 9.68. The van der Waals surface area contributed by atoms with Crippen LogP contribution in [0.4, 0.5) is 5.95 Å². The molecule has 3 rings (SSSR count). The third-order valence-corrected chi connectivity index (χ3v) is 5.30. The highest BCUT2D eigenvalue weighted by Crippen LogP contribution is 2.38. The van der Waals surface area contributed by atoms with Crippen LogP contribution in [-0.4, -0.2) is 89.0 Å². The van der Waals surface area contributed by atoms with E-state index in [9.17, 15) is 19.6 Å². The van der Waals surface area contributed by atoms with E-state index in [4.69, 9.17) is 20.3 Å². The van der Waals surface area contributed by atoms with E-state index in [1.165, 1.54) is 30.5 Å². The second kappa shape index (κ2) is 10.6. The summed E-state index contributed by atoms with van der Waals surface area (Å²) in [6.07, 6.45) is -4.22. The van der Waals surface area contributed by atoms with Crippen molar-refractivity contribution in [1.29, 1.82) is 0 Å². The van der Waals surface area contributed by atoms with Gasteiger partial charge in [0.15, 0.2) is 17.4 Å². The number of aromatic amines is 1. The Bertz CT molecular complexity index is 952. The third-order valence-electron chi connectivity index (χ3n) is 4.81. The van der Waals surface area contributed by atoms with Gasteiger partial charge >= 0.3 is 7.82 Å². The first kappa shape index (κ1) is 25.4. The number of nitrogens with zero attached hydrogens (tertiary/aromatic N) is 4. The van der Waals surface area contributed by atoms with Crippen LogP contribution < -0.4 is 11.3 Å². The lowest BCUT2D eigenvalue weighted by atomic mass is 10.5. The standard InChI is InChI=1S/C10H14N5O8P.C6H15N/c11-10-13-7-4(8(18)14-10)12-2-15(7)9-6(17)5(16)3(23-9)1-22-24(19,20)21;1-4-7(5-2)6-3/h2-3,5-6,9,16-17H,1H2,(H2,19,20,21)(H3,11,13,14,18);4-6H2,1-3H3/t3-,5-,6-,9-;/m1./s1/i1+1,3+1,5+1,6+1,9+1;. The van der Waals surface area contributed by atoms with Crippen LogP contribution in [0.25, 0.3) is 11.2 Å². The number of nitrogen functional groups attached to an aromatic ring is 1. The van der Waals surface area contributed by atoms with Crippen LogP contribution in [0, 0.1) is 0 Å². The number of fused-ring (bicyclic) bond motifs is 1. The quantitative estimate of drug-likeness (QED) is 0.208. The summed E-state index contributed by atoms with van der Waals surface area (Å²) in [4.78, 5) is 41.5. The van der Waals surface area contributed by atoms with Crippen LogP contribution in [-0.2, 0) is 13.8 Å². The van der Waals surface area contributed by atoms with Gasteiger partial charge in [-0.3, -0.25) is 18.9 Å². The van der Waals surface area contributed by atoms with Gasteiger partial charge in [0.05, 0.1) is 12.9 Å². The Hall–Kier alpha value is -1.90. The maximum Gasteiger partial charge on any atom is 0.469 e. The molecule has 2 aromatic rings. The lowest BCUT2D eigenvalue weighted by Gasteiger charge is -2.16. The van der Waals surface area contributed by atoms with Crippen molar-refractivity contribution < 1.29 is 33.8 Å². The van der Waals surface area contributed by atoms with Crippen LogP contribution in [0.15, 0.2) is 11.1 Å². The molecule has 3 heterocycles. The van der Waals surface area contributed by atoms with Crippen LogP contribution in [0.5, 0.6) is 0 Å². The second-order valence-corrected chi connectivity index (χ2v) is 7.97. The Balaban J connectivity index is 0.000000423. The smallest absolute Gasteiger partial charge is 0.387 e. The van der Waals surface area contributed by atoms with E-state index in [0.717, 1.165) is 0 Å². The molecule has 0 radical (unpaired) electrons. The van der Waals surface area contributed by atoms with Gasteiger partial charge in [-0.15, -0.1) is 0 Å². The van der Waals surface area contributed by atoms with Gasteiger partial charge in [-0.1, -0.05) is 20.8 Å². The SMILES string of the molecule is CCN(CC)CC.Nc1nc2c(ncn2[13C@@H]2O[13C@H]([13CH2]OP(=O)(O)O)[13C@@H](O)[13C@H]2O)c(=O)[nH]1. The minimum Gasteiger partial charge on any atom is -0.387 e. The van der Waals surface area contributed by atoms with Crippen LogP contribution in [0.1, 0.15) is 27.0 Å². The molecule has 1 fully saturated rings. The van der Waals surface area contributed by atoms with Crippen molar-refractivity contribution in [2.75, 3.05) is 32.0 Å². The maximum atomic E-state index is 11.7. The van der Waals surface area contributed by atoms with E-state index in [2.05, 4.69) is 45.1 Å². The normalized spacial score (nSPS) is 23.9. The van der Waals surface area contributed by atoms with Crippen molar-refractivity contribution >= 4 is 24.9 Å². The van der Waals surface area contributed by atoms with Crippen molar-refractivity contribution in [3.05, 3.63) is 16.7 Å². The minimum absolute atomic E-state index is 0.0176. The molecule has 1 saturated heterocycles. The molecule has 0 aromatic carbocycles. The largest absolute Gasteiger partial charge is 0.469 e. The van der Waals surface area contributed by atoms with Gasteiger partial charge in [-0.25, -0.2) is 9.55 Å². The number of hydrogen-bond donors (Lipinski definition) is 6. The molecule has 0 bridgehead atoms. The molecule has 15 heteroatoms. The van der Waals surface area contributed by atoms with E-state index in [1.54, 1.807) is 0 Å². The number of ether oxygens (including phenoxy) is 1. The second-order valence-electron chi connectivity index (χ2n) is 6.73. The molecule has 0 amide bonds. The molecule has 0 spiro atoms. The lowest BCUT2D eigenvalue weighted by Crippen LogP contribution is -2.33. The van der Waals surface area contributed by atoms with Crippen molar-refractivity contribution in [3.8, 4) is 0 Å². The van der Waals surface area contributed by atoms with Crippen molar-refractivity contribution in [2.45, 2.75) is 45.3 Å². The molecular formula is C16H29N6O8P. The summed E-state index contributed by atoms with van der Waals surface area (Å²) in [5.41, 5.74) is 4.84. The Morgan fingerprint density at radius 1 is 1.26 bits per heavy atom. The highest BCUT2D eigenvalue weighted by molar-refractivity contribution is 7.46. The first-order chi connectivity index (χ1) is 14.5. The number of H-pyrrole nitrogens is 1. The van der Waals surface area contributed by atoms with Crippen LogP contribution >= 0.6 is 7.82 Å². The summed E-state index contributed by atoms with van der Waals surface area (Å²) in [6.45, 7) is 9.47. The van der Waals surface area contributed by atoms with Gasteiger partial charge in [0, 0.05) is 0 Å². The Morgan fingerprint density at radius 3 is 2.39 bits per heavy atom. The third kappa shape index (κ3) is 6.30. The number of aliphatic hydroxyl groups is 2. The van der Waals surface area contributed by atoms with E-state index in [-0.39, 0.29) is 17.1 Å². The number of hydrogen-bond acceptors (Lipinski definition) is 10. The first-order valence-corrected chi connectivity index (χ1v) is 11.2. The lowest BCUT2D eigenvalue weighted by molar-refractivity contribution is -0.0503. The van der Waals surface area contributed by atoms with Gasteiger partial charge in [-0.05, 0) is 19.6 Å². The average molecular weight is 469 g/mol. The molecule has 2 aromatic heterocycles. The minimum atomic E-state index is -4.76. The summed E-state index contributed by atoms with van der Waals surface area (Å²) in [6, 6.07) is 0. The zero-order valence-electron chi connectivity index (χ0n) is 17.5. The molecule has 0 aliphatic carbocycles. The molecule has 0 unspecified atom stereocenters. The zero-order chi connectivity index (χ0) is 23.3. The molecule has 4 atom stereocenters. The van der Waals surface area contributed by atoms with Crippen LogP contribution in [0.2, 0.25) is 0 Å². The van der Waals surface area contributed by atoms with Crippen molar-refractivity contribution in [2.24, 2.45) is 0 Å². The highest BCUT2D eigenvalue weighted by atomic mass is 31.2. The van der Waals surface area contributed by atoms with Crippen LogP contribution in [0.3, 0.4) is 0 Å². The fourth-order valence-electron chi connectivity index (χ4n) is 3.07. The number of imidazole rings is 1. The Labute approximate surface area is 177 Å². The average Bonchev–Trinajstić information content (AvgIpc) is 3.23. The van der Waals surface area contributed by atoms with Gasteiger partial charge < -0.3 is 35.4 Å². The summed E-state index contributed by atoms with van der Waals surface area (Å²) < 4.78 is 21.6. The number of rotatable bonds is 7. The number of nitrogens with one attached hydrogen (secondary N) is 1. The molecule has 176 valence electrons. The highest BCUT2D eigenvalue weighted by Gasteiger charge is 2.45. The van der Waals surface area contributed by atoms with E-state index < -0.39 is 44.5 Å². The Kier molecular flexibility index (Phi) is 8.68. The van der Waals surface area contributed by atoms with E-state index in [1.807, 2.05) is 0 Å². The molecule has 1 aliphatic rings. The monoisotopic (exact) mass is 469 g/mol. The van der Waals surface area contributed by atoms with Crippen molar-refractivity contribution in [3.63, 3.8) is 0 Å². The molecule has 7 N–H and O–H groups in total. The predicted molar refractivity (Wildman–Crippen MR) is 110 cm³/mol. The predicted octanol–water partition coefficient (Wildman–Crippen LogP) is -1.22. The summed E-state index contributed by atoms with van der Waals surface area (Å²) in [7, 11) is -4.76. The van der Waals surface area contributed by atoms with E-state index >= 15 is 0 Å². The molecule has 14 nitrogen and oxygen atoms in total. The van der Waals surface area contributed by atoms with Gasteiger partial charge in [0.25, 0.3) is 5.56 Å². The number of phosphoric ester groups is 1. The number of aliphatic hydroxyl groups excluding tert-OH is 2. The number of nitrogens with two attached hydrogens (primary N) is 1. The van der Waals surface area contributed by atoms with Gasteiger partial charge in [0.2, 0.25) is 5.95 Å². The van der Waals surface area contributed by atoms with Gasteiger partial charge in [-0.2, -0.15) is 4.98 Å². The summed E-state index contributed by atoms with van der Waals surface area (Å²) in [5, 5.41) is 20.1. The number of phosphoric acid groups is 1. The number of aromatic nitrogens is 4. The fraction of sp³-hybridized carbons (Fsp3) is 0.688. The molecule has 1 aliphatic heterocycles. The van der Waals surface area contributed by atoms with Crippen molar-refractivity contribution in [1.82, 2.24) is 24.4 Å². The molecular weight excluding hydrogens is 440 g/mol. The molecule has 0 saturated carbocycles. The summed E-state index contributed by atoms with van der Waals surface area (Å²) in [5.74, 6) is -0.177. The molecule has 31 heavy (non-hydrogen) atoms. The summed E-state index contributed by atoms with van der Waals surface area (Å²) >= 11 is 0. The topological polar surface area (TPSA) is 209 Å². The maximum absolute atomic E-state index is 11.7. The van der Waals surface area contributed by atoms with E-state index in [0.29, 0.717) is 0 Å². The zero-order valence-corrected chi connectivity index (χ0v) is 18.3. The number of anilines is 1. The van der Waals surface area contributed by atoms with Gasteiger partial charge in [0.1, 0.15) is 18.3 Å². The Morgan fingerprint density at radius 2 is 1.87 bits per heavy atom.